The Morgan fingerprint density at radius 3 is 3.09 bits per heavy atom. The number of nitrogens with zero attached hydrogens (tertiary/aromatic N) is 4. The topological polar surface area (TPSA) is 144 Å². The molecule has 116 valence electrons. The number of nitrogens with one attached hydrogen (secondary N) is 1. The zero-order valence-electron chi connectivity index (χ0n) is 11.2. The lowest BCUT2D eigenvalue weighted by atomic mass is 10.1. The van der Waals surface area contributed by atoms with Crippen molar-refractivity contribution in [3.8, 4) is 6.07 Å². The molecule has 0 bridgehead atoms. The van der Waals surface area contributed by atoms with Gasteiger partial charge in [-0.15, -0.1) is 0 Å². The van der Waals surface area contributed by atoms with Gasteiger partial charge < -0.3 is 30.6 Å². The van der Waals surface area contributed by atoms with Gasteiger partial charge in [0.1, 0.15) is 47.6 Å². The van der Waals surface area contributed by atoms with Crippen molar-refractivity contribution < 1.29 is 14.9 Å². The van der Waals surface area contributed by atoms with Gasteiger partial charge in [0.25, 0.3) is 0 Å². The van der Waals surface area contributed by atoms with Crippen LogP contribution in [0.2, 0.25) is 0 Å². The SMILES string of the molecule is N#C/C(Cl)=C/[C@H]1O[C@@H](N2CN=C(N)c3[nH]cnc32)[C@H](O)[C@@H]1O. The fraction of sp³-hybridized carbons (Fsp3) is 0.417. The number of fused-ring (bicyclic) bond motifs is 1. The second-order valence-corrected chi connectivity index (χ2v) is 5.26. The van der Waals surface area contributed by atoms with E-state index in [1.54, 1.807) is 11.0 Å². The summed E-state index contributed by atoms with van der Waals surface area (Å²) < 4.78 is 5.61. The summed E-state index contributed by atoms with van der Waals surface area (Å²) in [7, 11) is 0. The van der Waals surface area contributed by atoms with E-state index in [0.717, 1.165) is 0 Å². The Morgan fingerprint density at radius 2 is 2.36 bits per heavy atom. The number of amidine groups is 1. The third-order valence-electron chi connectivity index (χ3n) is 3.54. The minimum atomic E-state index is -1.22. The molecule has 1 fully saturated rings. The lowest BCUT2D eigenvalue weighted by Gasteiger charge is -2.31. The summed E-state index contributed by atoms with van der Waals surface area (Å²) >= 11 is 5.63. The van der Waals surface area contributed by atoms with Crippen LogP contribution in [-0.4, -0.2) is 57.2 Å². The quantitative estimate of drug-likeness (QED) is 0.510. The second-order valence-electron chi connectivity index (χ2n) is 4.85. The van der Waals surface area contributed by atoms with Gasteiger partial charge in [-0.25, -0.2) is 9.98 Å². The van der Waals surface area contributed by atoms with Crippen molar-refractivity contribution in [3.05, 3.63) is 23.1 Å². The number of imidazole rings is 1. The number of aromatic nitrogens is 2. The van der Waals surface area contributed by atoms with E-state index >= 15 is 0 Å². The molecule has 3 rings (SSSR count). The molecule has 1 saturated heterocycles. The van der Waals surface area contributed by atoms with E-state index in [0.29, 0.717) is 17.3 Å². The number of aliphatic hydroxyl groups is 2. The highest BCUT2D eigenvalue weighted by atomic mass is 35.5. The molecule has 5 N–H and O–H groups in total. The van der Waals surface area contributed by atoms with E-state index in [-0.39, 0.29) is 11.7 Å². The van der Waals surface area contributed by atoms with Crippen molar-refractivity contribution in [3.63, 3.8) is 0 Å². The van der Waals surface area contributed by atoms with Crippen LogP contribution in [0.25, 0.3) is 0 Å². The Hall–Kier alpha value is -2.12. The van der Waals surface area contributed by atoms with Crippen molar-refractivity contribution in [2.24, 2.45) is 10.7 Å². The molecule has 0 unspecified atom stereocenters. The first kappa shape index (κ1) is 14.8. The van der Waals surface area contributed by atoms with Crippen LogP contribution in [0.1, 0.15) is 5.69 Å². The van der Waals surface area contributed by atoms with Gasteiger partial charge in [0.15, 0.2) is 12.0 Å². The van der Waals surface area contributed by atoms with Gasteiger partial charge in [0.2, 0.25) is 0 Å². The van der Waals surface area contributed by atoms with Gasteiger partial charge in [-0.1, -0.05) is 11.6 Å². The molecule has 4 atom stereocenters. The van der Waals surface area contributed by atoms with Crippen LogP contribution >= 0.6 is 11.6 Å². The van der Waals surface area contributed by atoms with Crippen molar-refractivity contribution >= 4 is 23.3 Å². The molecule has 0 aromatic carbocycles. The number of rotatable bonds is 2. The maximum absolute atomic E-state index is 10.2. The summed E-state index contributed by atoms with van der Waals surface area (Å²) in [5.74, 6) is 0.778. The van der Waals surface area contributed by atoms with Crippen LogP contribution < -0.4 is 10.6 Å². The smallest absolute Gasteiger partial charge is 0.162 e. The number of nitriles is 1. The fourth-order valence-electron chi connectivity index (χ4n) is 2.45. The minimum absolute atomic E-state index is 0.126. The molecule has 22 heavy (non-hydrogen) atoms. The van der Waals surface area contributed by atoms with Crippen LogP contribution in [0, 0.1) is 11.3 Å². The summed E-state index contributed by atoms with van der Waals surface area (Å²) in [5.41, 5.74) is 6.28. The normalized spacial score (nSPS) is 31.6. The molecule has 1 aromatic rings. The van der Waals surface area contributed by atoms with E-state index in [4.69, 9.17) is 27.3 Å². The standard InChI is InChI=1S/C12H13ClN6O3/c13-5(2-14)1-6-8(20)9(21)12(22-6)19-4-18-10(15)7-11(19)17-3-16-7/h1,3,6,8-9,12,20-21H,4H2,(H2,15,18)(H,16,17)/b5-1-/t6-,8-,9-,12-/m1/s1. The summed E-state index contributed by atoms with van der Waals surface area (Å²) in [6, 6.07) is 1.72. The lowest BCUT2D eigenvalue weighted by Crippen LogP contribution is -2.47. The molecule has 2 aliphatic heterocycles. The number of nitrogens with two attached hydrogens (primary N) is 1. The number of aliphatic hydroxyl groups excluding tert-OH is 2. The van der Waals surface area contributed by atoms with Gasteiger partial charge in [0, 0.05) is 0 Å². The number of allylic oxidation sites excluding steroid dienone is 1. The largest absolute Gasteiger partial charge is 0.387 e. The summed E-state index contributed by atoms with van der Waals surface area (Å²) in [6.45, 7) is 0.126. The minimum Gasteiger partial charge on any atom is -0.387 e. The molecule has 0 aliphatic carbocycles. The van der Waals surface area contributed by atoms with Gasteiger partial charge in [-0.2, -0.15) is 5.26 Å². The molecular weight excluding hydrogens is 312 g/mol. The van der Waals surface area contributed by atoms with E-state index in [2.05, 4.69) is 15.0 Å². The first-order chi connectivity index (χ1) is 10.5. The third kappa shape index (κ3) is 2.32. The molecule has 3 heterocycles. The molecule has 0 amide bonds. The number of aliphatic imine (C=N–C) groups is 1. The summed E-state index contributed by atoms with van der Waals surface area (Å²) in [4.78, 5) is 12.7. The number of anilines is 1. The van der Waals surface area contributed by atoms with E-state index in [1.165, 1.54) is 12.4 Å². The van der Waals surface area contributed by atoms with Gasteiger partial charge in [0.05, 0.1) is 6.33 Å². The zero-order valence-corrected chi connectivity index (χ0v) is 12.0. The maximum Gasteiger partial charge on any atom is 0.162 e. The monoisotopic (exact) mass is 324 g/mol. The number of H-pyrrole nitrogens is 1. The second kappa shape index (κ2) is 5.58. The van der Waals surface area contributed by atoms with Crippen molar-refractivity contribution in [2.75, 3.05) is 11.6 Å². The van der Waals surface area contributed by atoms with Crippen LogP contribution in [0.15, 0.2) is 22.4 Å². The predicted molar refractivity (Wildman–Crippen MR) is 76.9 cm³/mol. The number of ether oxygens (including phenoxy) is 1. The van der Waals surface area contributed by atoms with Crippen LogP contribution in [0.4, 0.5) is 5.82 Å². The Kier molecular flexibility index (Phi) is 3.76. The predicted octanol–water partition coefficient (Wildman–Crippen LogP) is -1.01. The Labute approximate surface area is 130 Å². The van der Waals surface area contributed by atoms with E-state index in [9.17, 15) is 10.2 Å². The number of aromatic amines is 1. The average molecular weight is 325 g/mol. The van der Waals surface area contributed by atoms with Crippen molar-refractivity contribution in [1.29, 1.82) is 5.26 Å². The van der Waals surface area contributed by atoms with Crippen LogP contribution in [0.3, 0.4) is 0 Å². The number of hydrogen-bond donors (Lipinski definition) is 4. The van der Waals surface area contributed by atoms with Crippen molar-refractivity contribution in [2.45, 2.75) is 24.5 Å². The van der Waals surface area contributed by atoms with Gasteiger partial charge >= 0.3 is 0 Å². The summed E-state index contributed by atoms with van der Waals surface area (Å²) in [6.07, 6.45) is -1.53. The lowest BCUT2D eigenvalue weighted by molar-refractivity contribution is 0.0191. The molecular formula is C12H13ClN6O3. The highest BCUT2D eigenvalue weighted by molar-refractivity contribution is 6.31. The zero-order chi connectivity index (χ0) is 15.9. The maximum atomic E-state index is 10.2. The molecule has 0 spiro atoms. The molecule has 10 heteroatoms. The molecule has 0 saturated carbocycles. The molecule has 2 aliphatic rings. The van der Waals surface area contributed by atoms with E-state index < -0.39 is 24.5 Å². The summed E-state index contributed by atoms with van der Waals surface area (Å²) in [5, 5.41) is 28.8. The molecule has 9 nitrogen and oxygen atoms in total. The van der Waals surface area contributed by atoms with Crippen molar-refractivity contribution in [1.82, 2.24) is 9.97 Å². The average Bonchev–Trinajstić information content (AvgIpc) is 3.09. The van der Waals surface area contributed by atoms with Crippen LogP contribution in [0.5, 0.6) is 0 Å². The Balaban J connectivity index is 1.87. The molecule has 0 radical (unpaired) electrons. The van der Waals surface area contributed by atoms with Gasteiger partial charge in [-0.3, -0.25) is 0 Å². The van der Waals surface area contributed by atoms with Crippen LogP contribution in [-0.2, 0) is 4.74 Å². The highest BCUT2D eigenvalue weighted by Gasteiger charge is 2.46. The number of hydrogen-bond acceptors (Lipinski definition) is 8. The Bertz CT molecular complexity index is 681. The Morgan fingerprint density at radius 1 is 1.59 bits per heavy atom. The third-order valence-corrected chi connectivity index (χ3v) is 3.75. The molecule has 1 aromatic heterocycles. The first-order valence-corrected chi connectivity index (χ1v) is 6.80. The fourth-order valence-corrected chi connectivity index (χ4v) is 2.58. The van der Waals surface area contributed by atoms with Gasteiger partial charge in [-0.05, 0) is 6.08 Å². The highest BCUT2D eigenvalue weighted by Crippen LogP contribution is 2.31. The van der Waals surface area contributed by atoms with E-state index in [1.807, 2.05) is 0 Å². The number of halogens is 1. The first-order valence-electron chi connectivity index (χ1n) is 6.42.